The van der Waals surface area contributed by atoms with Crippen LogP contribution in [0.3, 0.4) is 0 Å². The number of benzene rings is 1. The summed E-state index contributed by atoms with van der Waals surface area (Å²) in [6, 6.07) is 7.97. The zero-order valence-electron chi connectivity index (χ0n) is 9.12. The van der Waals surface area contributed by atoms with Gasteiger partial charge in [0.05, 0.1) is 12.4 Å². The number of nitrogens with two attached hydrogens (primary N) is 1. The number of hydrogen-bond donors (Lipinski definition) is 2. The highest BCUT2D eigenvalue weighted by molar-refractivity contribution is 5.76. The fourth-order valence-corrected chi connectivity index (χ4v) is 1.32. The molecule has 15 heavy (non-hydrogen) atoms. The lowest BCUT2D eigenvalue weighted by atomic mass is 10.2. The van der Waals surface area contributed by atoms with Crippen molar-refractivity contribution in [1.29, 1.82) is 5.41 Å². The van der Waals surface area contributed by atoms with Crippen molar-refractivity contribution in [2.24, 2.45) is 5.73 Å². The van der Waals surface area contributed by atoms with Crippen molar-refractivity contribution < 1.29 is 4.74 Å². The lowest BCUT2D eigenvalue weighted by Crippen LogP contribution is -2.09. The third-order valence-corrected chi connectivity index (χ3v) is 2.19. The lowest BCUT2D eigenvalue weighted by Gasteiger charge is -2.08. The molecule has 0 aliphatic heterocycles. The van der Waals surface area contributed by atoms with Crippen LogP contribution in [0.4, 0.5) is 0 Å². The van der Waals surface area contributed by atoms with E-state index in [2.05, 4.69) is 0 Å². The molecular formula is C12H18N2O. The molecule has 0 atom stereocenters. The summed E-state index contributed by atoms with van der Waals surface area (Å²) in [6.07, 6.45) is 2.52. The van der Waals surface area contributed by atoms with Crippen LogP contribution >= 0.6 is 0 Å². The van der Waals surface area contributed by atoms with Gasteiger partial charge >= 0.3 is 0 Å². The normalized spacial score (nSPS) is 9.93. The van der Waals surface area contributed by atoms with Gasteiger partial charge in [0.1, 0.15) is 5.75 Å². The van der Waals surface area contributed by atoms with E-state index in [0.717, 1.165) is 24.2 Å². The van der Waals surface area contributed by atoms with Crippen molar-refractivity contribution in [3.8, 4) is 5.75 Å². The minimum atomic E-state index is 0.255. The molecule has 0 aliphatic carbocycles. The molecule has 3 nitrogen and oxygen atoms in total. The van der Waals surface area contributed by atoms with Crippen molar-refractivity contribution in [2.75, 3.05) is 6.61 Å². The maximum absolute atomic E-state index is 7.06. The summed E-state index contributed by atoms with van der Waals surface area (Å²) in [5.41, 5.74) is 6.41. The van der Waals surface area contributed by atoms with Gasteiger partial charge in [-0.3, -0.25) is 5.41 Å². The third kappa shape index (κ3) is 4.49. The number of aryl methyl sites for hydroxylation is 1. The van der Waals surface area contributed by atoms with Crippen LogP contribution in [0, 0.1) is 12.3 Å². The van der Waals surface area contributed by atoms with Crippen LogP contribution in [0.15, 0.2) is 24.3 Å². The van der Waals surface area contributed by atoms with Gasteiger partial charge in [-0.1, -0.05) is 18.2 Å². The molecular weight excluding hydrogens is 188 g/mol. The van der Waals surface area contributed by atoms with E-state index in [1.165, 1.54) is 0 Å². The molecule has 0 bridgehead atoms. The summed E-state index contributed by atoms with van der Waals surface area (Å²) >= 11 is 0. The number of unbranched alkanes of at least 4 members (excludes halogenated alkanes) is 1. The second kappa shape index (κ2) is 6.06. The van der Waals surface area contributed by atoms with Gasteiger partial charge in [-0.2, -0.15) is 0 Å². The van der Waals surface area contributed by atoms with E-state index >= 15 is 0 Å². The molecule has 0 spiro atoms. The molecule has 3 heteroatoms. The van der Waals surface area contributed by atoms with Gasteiger partial charge in [0.25, 0.3) is 0 Å². The number of ether oxygens (including phenoxy) is 1. The predicted octanol–water partition coefficient (Wildman–Crippen LogP) is 2.48. The Morgan fingerprint density at radius 1 is 1.33 bits per heavy atom. The molecule has 1 aromatic rings. The molecule has 0 amide bonds. The monoisotopic (exact) mass is 206 g/mol. The molecule has 0 saturated heterocycles. The highest BCUT2D eigenvalue weighted by Gasteiger charge is 1.97. The molecule has 1 rings (SSSR count). The summed E-state index contributed by atoms with van der Waals surface area (Å²) in [5, 5.41) is 7.06. The number of para-hydroxylation sites is 1. The number of nitrogens with one attached hydrogen (secondary N) is 1. The zero-order chi connectivity index (χ0) is 11.1. The highest BCUT2D eigenvalue weighted by Crippen LogP contribution is 2.16. The van der Waals surface area contributed by atoms with Crippen LogP contribution < -0.4 is 10.5 Å². The van der Waals surface area contributed by atoms with Crippen molar-refractivity contribution in [3.05, 3.63) is 29.8 Å². The van der Waals surface area contributed by atoms with Gasteiger partial charge in [-0.25, -0.2) is 0 Å². The van der Waals surface area contributed by atoms with Crippen molar-refractivity contribution in [1.82, 2.24) is 0 Å². The van der Waals surface area contributed by atoms with Gasteiger partial charge in [0.15, 0.2) is 0 Å². The Labute approximate surface area is 90.8 Å². The quantitative estimate of drug-likeness (QED) is 0.427. The first-order valence-corrected chi connectivity index (χ1v) is 5.21. The first kappa shape index (κ1) is 11.6. The molecule has 0 radical (unpaired) electrons. The number of amidine groups is 1. The summed E-state index contributed by atoms with van der Waals surface area (Å²) < 4.78 is 5.61. The highest BCUT2D eigenvalue weighted by atomic mass is 16.5. The number of hydrogen-bond acceptors (Lipinski definition) is 2. The van der Waals surface area contributed by atoms with Crippen molar-refractivity contribution in [2.45, 2.75) is 26.2 Å². The van der Waals surface area contributed by atoms with Gasteiger partial charge in [-0.15, -0.1) is 0 Å². The minimum Gasteiger partial charge on any atom is -0.493 e. The molecule has 0 fully saturated rings. The Bertz CT molecular complexity index is 323. The largest absolute Gasteiger partial charge is 0.493 e. The Morgan fingerprint density at radius 3 is 2.73 bits per heavy atom. The van der Waals surface area contributed by atoms with Crippen molar-refractivity contribution in [3.63, 3.8) is 0 Å². The Kier molecular flexibility index (Phi) is 4.68. The smallest absolute Gasteiger partial charge is 0.122 e. The van der Waals surface area contributed by atoms with Crippen LogP contribution in [0.2, 0.25) is 0 Å². The standard InChI is InChI=1S/C12H18N2O/c1-10-6-2-3-7-11(10)15-9-5-4-8-12(13)14/h2-3,6-7H,4-5,8-9H2,1H3,(H3,13,14). The summed E-state index contributed by atoms with van der Waals surface area (Å²) in [5.74, 6) is 1.20. The molecule has 82 valence electrons. The average molecular weight is 206 g/mol. The van der Waals surface area contributed by atoms with Gasteiger partial charge in [0, 0.05) is 6.42 Å². The fourth-order valence-electron chi connectivity index (χ4n) is 1.32. The maximum Gasteiger partial charge on any atom is 0.122 e. The lowest BCUT2D eigenvalue weighted by molar-refractivity contribution is 0.306. The van der Waals surface area contributed by atoms with E-state index < -0.39 is 0 Å². The van der Waals surface area contributed by atoms with E-state index in [1.54, 1.807) is 0 Å². The maximum atomic E-state index is 7.06. The van der Waals surface area contributed by atoms with E-state index in [9.17, 15) is 0 Å². The van der Waals surface area contributed by atoms with E-state index in [1.807, 2.05) is 31.2 Å². The molecule has 0 aromatic heterocycles. The molecule has 1 aromatic carbocycles. The Morgan fingerprint density at radius 2 is 2.07 bits per heavy atom. The summed E-state index contributed by atoms with van der Waals surface area (Å²) in [4.78, 5) is 0. The molecule has 0 heterocycles. The average Bonchev–Trinajstić information content (AvgIpc) is 2.20. The van der Waals surface area contributed by atoms with E-state index in [-0.39, 0.29) is 5.84 Å². The van der Waals surface area contributed by atoms with Gasteiger partial charge in [0.2, 0.25) is 0 Å². The van der Waals surface area contributed by atoms with E-state index in [0.29, 0.717) is 13.0 Å². The molecule has 0 aliphatic rings. The SMILES string of the molecule is Cc1ccccc1OCCCCC(=N)N. The Hall–Kier alpha value is -1.51. The van der Waals surface area contributed by atoms with Crippen LogP contribution in [0.1, 0.15) is 24.8 Å². The second-order valence-electron chi connectivity index (χ2n) is 3.60. The Balaban J connectivity index is 2.21. The van der Waals surface area contributed by atoms with Crippen LogP contribution in [-0.2, 0) is 0 Å². The second-order valence-corrected chi connectivity index (χ2v) is 3.60. The van der Waals surface area contributed by atoms with Crippen molar-refractivity contribution >= 4 is 5.84 Å². The summed E-state index contributed by atoms with van der Waals surface area (Å²) in [6.45, 7) is 2.73. The first-order chi connectivity index (χ1) is 7.20. The molecule has 0 unspecified atom stereocenters. The third-order valence-electron chi connectivity index (χ3n) is 2.19. The predicted molar refractivity (Wildman–Crippen MR) is 62.4 cm³/mol. The van der Waals surface area contributed by atoms with Gasteiger partial charge < -0.3 is 10.5 Å². The van der Waals surface area contributed by atoms with Crippen LogP contribution in [0.25, 0.3) is 0 Å². The minimum absolute atomic E-state index is 0.255. The van der Waals surface area contributed by atoms with Crippen LogP contribution in [-0.4, -0.2) is 12.4 Å². The number of rotatable bonds is 6. The van der Waals surface area contributed by atoms with E-state index in [4.69, 9.17) is 15.9 Å². The topological polar surface area (TPSA) is 59.1 Å². The zero-order valence-corrected chi connectivity index (χ0v) is 9.12. The fraction of sp³-hybridized carbons (Fsp3) is 0.417. The van der Waals surface area contributed by atoms with Crippen LogP contribution in [0.5, 0.6) is 5.75 Å². The molecule has 0 saturated carbocycles. The van der Waals surface area contributed by atoms with Gasteiger partial charge in [-0.05, 0) is 31.4 Å². The first-order valence-electron chi connectivity index (χ1n) is 5.21. The molecule has 3 N–H and O–H groups in total. The summed E-state index contributed by atoms with van der Waals surface area (Å²) in [7, 11) is 0.